The van der Waals surface area contributed by atoms with E-state index in [1.807, 2.05) is 6.92 Å². The minimum absolute atomic E-state index is 0.682. The van der Waals surface area contributed by atoms with Crippen molar-refractivity contribution in [2.75, 3.05) is 6.61 Å². The van der Waals surface area contributed by atoms with Gasteiger partial charge < -0.3 is 9.16 Å². The number of ether oxygens (including phenoxy) is 1. The second kappa shape index (κ2) is 5.21. The maximum absolute atomic E-state index is 6.00. The molecule has 0 atom stereocenters. The largest absolute Gasteiger partial charge is 0.520 e. The van der Waals surface area contributed by atoms with Crippen molar-refractivity contribution in [2.45, 2.75) is 53.1 Å². The van der Waals surface area contributed by atoms with Crippen molar-refractivity contribution in [3.05, 3.63) is 11.1 Å². The summed E-state index contributed by atoms with van der Waals surface area (Å²) in [7, 11) is -2.87. The van der Waals surface area contributed by atoms with Crippen molar-refractivity contribution in [3.8, 4) is 0 Å². The Labute approximate surface area is 96.8 Å². The molecule has 0 spiro atoms. The number of rotatable bonds is 5. The van der Waals surface area contributed by atoms with E-state index < -0.39 is 16.4 Å². The van der Waals surface area contributed by atoms with Crippen LogP contribution < -0.4 is 0 Å². The summed E-state index contributed by atoms with van der Waals surface area (Å²) in [5.41, 5.74) is 0. The van der Waals surface area contributed by atoms with Crippen LogP contribution in [0.25, 0.3) is 0 Å². The van der Waals surface area contributed by atoms with E-state index in [0.29, 0.717) is 6.61 Å². The molecule has 0 N–H and O–H groups in total. The van der Waals surface area contributed by atoms with Crippen LogP contribution in [0.1, 0.15) is 13.8 Å². The molecule has 0 radical (unpaired) electrons. The third kappa shape index (κ3) is 6.04. The monoisotopic (exact) mass is 246 g/mol. The van der Waals surface area contributed by atoms with Crippen LogP contribution in [0.15, 0.2) is 11.1 Å². The van der Waals surface area contributed by atoms with Crippen molar-refractivity contribution in [1.82, 2.24) is 0 Å². The fourth-order valence-electron chi connectivity index (χ4n) is 0.930. The molecule has 0 aliphatic carbocycles. The van der Waals surface area contributed by atoms with Gasteiger partial charge in [-0.25, -0.2) is 0 Å². The predicted octanol–water partition coefficient (Wildman–Crippen LogP) is 3.98. The average Bonchev–Trinajstić information content (AvgIpc) is 1.98. The van der Waals surface area contributed by atoms with Crippen LogP contribution in [0.4, 0.5) is 0 Å². The quantitative estimate of drug-likeness (QED) is 0.539. The van der Waals surface area contributed by atoms with Gasteiger partial charge in [0.05, 0.1) is 14.7 Å². The van der Waals surface area contributed by atoms with Gasteiger partial charge in [0.25, 0.3) is 5.95 Å². The van der Waals surface area contributed by atoms with E-state index in [9.17, 15) is 0 Å². The molecule has 0 bridgehead atoms. The lowest BCUT2D eigenvalue weighted by molar-refractivity contribution is 0.110. The zero-order valence-electron chi connectivity index (χ0n) is 11.5. The Bertz CT molecular complexity index is 234. The SMILES string of the molecule is CCOC(O[Si](C)(C)C)=C(C)[Si](C)(C)C. The molecular formula is C11H26O2Si2. The molecular weight excluding hydrogens is 220 g/mol. The van der Waals surface area contributed by atoms with Crippen LogP contribution in [-0.4, -0.2) is 23.0 Å². The van der Waals surface area contributed by atoms with Gasteiger partial charge in [-0.15, -0.1) is 0 Å². The van der Waals surface area contributed by atoms with Crippen molar-refractivity contribution >= 4 is 16.4 Å². The average molecular weight is 246 g/mol. The minimum atomic E-state index is -1.56. The molecule has 15 heavy (non-hydrogen) atoms. The Morgan fingerprint density at radius 3 is 1.73 bits per heavy atom. The highest BCUT2D eigenvalue weighted by Crippen LogP contribution is 2.22. The first kappa shape index (κ1) is 14.8. The summed E-state index contributed by atoms with van der Waals surface area (Å²) in [5, 5.41) is 1.33. The first-order valence-electron chi connectivity index (χ1n) is 5.61. The standard InChI is InChI=1S/C11H26O2Si2/c1-9-12-11(13-15(6,7)8)10(2)14(3,4)5/h9H2,1-8H3. The smallest absolute Gasteiger partial charge is 0.259 e. The molecule has 0 saturated heterocycles. The summed E-state index contributed by atoms with van der Waals surface area (Å²) in [6.07, 6.45) is 0. The molecule has 0 amide bonds. The van der Waals surface area contributed by atoms with Crippen molar-refractivity contribution < 1.29 is 9.16 Å². The molecule has 2 nitrogen and oxygen atoms in total. The van der Waals surface area contributed by atoms with Crippen LogP contribution >= 0.6 is 0 Å². The molecule has 0 unspecified atom stereocenters. The number of hydrogen-bond acceptors (Lipinski definition) is 2. The molecule has 0 aromatic heterocycles. The topological polar surface area (TPSA) is 18.5 Å². The maximum atomic E-state index is 6.00. The summed E-state index contributed by atoms with van der Waals surface area (Å²) in [4.78, 5) is 0. The van der Waals surface area contributed by atoms with Gasteiger partial charge in [0.1, 0.15) is 0 Å². The van der Waals surface area contributed by atoms with Crippen LogP contribution in [0.3, 0.4) is 0 Å². The van der Waals surface area contributed by atoms with Gasteiger partial charge in [-0.2, -0.15) is 0 Å². The summed E-state index contributed by atoms with van der Waals surface area (Å²) >= 11 is 0. The Hall–Kier alpha value is -0.226. The molecule has 0 aromatic carbocycles. The molecule has 90 valence electrons. The zero-order valence-corrected chi connectivity index (χ0v) is 13.5. The molecule has 0 aliphatic heterocycles. The summed E-state index contributed by atoms with van der Waals surface area (Å²) in [6, 6.07) is 0. The highest BCUT2D eigenvalue weighted by Gasteiger charge is 2.26. The van der Waals surface area contributed by atoms with Crippen molar-refractivity contribution in [2.24, 2.45) is 0 Å². The van der Waals surface area contributed by atoms with Crippen LogP contribution in [0, 0.1) is 0 Å². The highest BCUT2D eigenvalue weighted by molar-refractivity contribution is 6.83. The fraction of sp³-hybridized carbons (Fsp3) is 0.818. The lowest BCUT2D eigenvalue weighted by Crippen LogP contribution is -2.31. The number of allylic oxidation sites excluding steroid dienone is 1. The van der Waals surface area contributed by atoms with Gasteiger partial charge in [0.15, 0.2) is 0 Å². The van der Waals surface area contributed by atoms with Gasteiger partial charge >= 0.3 is 0 Å². The van der Waals surface area contributed by atoms with E-state index in [2.05, 4.69) is 46.2 Å². The third-order valence-corrected chi connectivity index (χ3v) is 5.36. The van der Waals surface area contributed by atoms with E-state index in [1.165, 1.54) is 5.20 Å². The zero-order chi connectivity index (χ0) is 12.3. The molecule has 0 fully saturated rings. The minimum Gasteiger partial charge on any atom is -0.520 e. The fourth-order valence-corrected chi connectivity index (χ4v) is 2.54. The first-order chi connectivity index (χ1) is 6.58. The Morgan fingerprint density at radius 2 is 1.47 bits per heavy atom. The first-order valence-corrected chi connectivity index (χ1v) is 12.5. The number of hydrogen-bond donors (Lipinski definition) is 0. The van der Waals surface area contributed by atoms with Crippen LogP contribution in [0.2, 0.25) is 39.3 Å². The molecule has 4 heteroatoms. The summed E-state index contributed by atoms with van der Waals surface area (Å²) < 4.78 is 11.6. The van der Waals surface area contributed by atoms with Gasteiger partial charge in [-0.3, -0.25) is 0 Å². The van der Waals surface area contributed by atoms with Gasteiger partial charge in [0.2, 0.25) is 8.32 Å². The van der Waals surface area contributed by atoms with E-state index in [0.717, 1.165) is 5.95 Å². The second-order valence-electron chi connectivity index (χ2n) is 5.81. The molecule has 0 saturated carbocycles. The molecule has 0 heterocycles. The Morgan fingerprint density at radius 1 is 1.00 bits per heavy atom. The molecule has 0 aliphatic rings. The van der Waals surface area contributed by atoms with E-state index in [1.54, 1.807) is 0 Å². The van der Waals surface area contributed by atoms with Gasteiger partial charge in [-0.1, -0.05) is 19.6 Å². The highest BCUT2D eigenvalue weighted by atomic mass is 28.4. The van der Waals surface area contributed by atoms with Gasteiger partial charge in [-0.05, 0) is 38.7 Å². The van der Waals surface area contributed by atoms with Crippen molar-refractivity contribution in [1.29, 1.82) is 0 Å². The van der Waals surface area contributed by atoms with E-state index in [4.69, 9.17) is 9.16 Å². The van der Waals surface area contributed by atoms with Crippen LogP contribution in [0.5, 0.6) is 0 Å². The summed E-state index contributed by atoms with van der Waals surface area (Å²) in [6.45, 7) is 18.3. The predicted molar refractivity (Wildman–Crippen MR) is 72.1 cm³/mol. The maximum Gasteiger partial charge on any atom is 0.259 e. The lowest BCUT2D eigenvalue weighted by atomic mass is 10.7. The van der Waals surface area contributed by atoms with Crippen LogP contribution in [-0.2, 0) is 9.16 Å². The molecule has 0 rings (SSSR count). The Balaban J connectivity index is 4.95. The molecule has 0 aromatic rings. The second-order valence-corrected chi connectivity index (χ2v) is 15.5. The van der Waals surface area contributed by atoms with Gasteiger partial charge in [0, 0.05) is 0 Å². The van der Waals surface area contributed by atoms with E-state index >= 15 is 0 Å². The van der Waals surface area contributed by atoms with E-state index in [-0.39, 0.29) is 0 Å². The Kier molecular flexibility index (Phi) is 5.13. The summed E-state index contributed by atoms with van der Waals surface area (Å²) in [5.74, 6) is 0.802. The normalized spacial score (nSPS) is 14.7. The lowest BCUT2D eigenvalue weighted by Gasteiger charge is -2.27. The third-order valence-electron chi connectivity index (χ3n) is 2.11. The van der Waals surface area contributed by atoms with Crippen molar-refractivity contribution in [3.63, 3.8) is 0 Å².